The first-order valence-corrected chi connectivity index (χ1v) is 9.02. The highest BCUT2D eigenvalue weighted by Gasteiger charge is 2.36. The van der Waals surface area contributed by atoms with Crippen LogP contribution in [0.1, 0.15) is 41.5 Å². The van der Waals surface area contributed by atoms with Crippen molar-refractivity contribution >= 4 is 11.9 Å². The van der Waals surface area contributed by atoms with Crippen molar-refractivity contribution in [2.24, 2.45) is 5.41 Å². The zero-order valence-corrected chi connectivity index (χ0v) is 16.6. The minimum Gasteiger partial charge on any atom is -0.480 e. The maximum absolute atomic E-state index is 12.1. The number of rotatable bonds is 4. The molecule has 7 nitrogen and oxygen atoms in total. The predicted molar refractivity (Wildman–Crippen MR) is 97.6 cm³/mol. The summed E-state index contributed by atoms with van der Waals surface area (Å²) in [6, 6.07) is -0.559. The molecule has 1 aliphatic rings. The first-order chi connectivity index (χ1) is 11.4. The van der Waals surface area contributed by atoms with E-state index in [1.807, 2.05) is 51.3 Å². The Kier molecular flexibility index (Phi) is 7.84. The third-order valence-electron chi connectivity index (χ3n) is 4.08. The molecule has 7 heteroatoms. The zero-order chi connectivity index (χ0) is 19.3. The number of ether oxygens (including phenoxy) is 1. The molecule has 0 amide bonds. The van der Waals surface area contributed by atoms with E-state index in [0.29, 0.717) is 19.6 Å². The summed E-state index contributed by atoms with van der Waals surface area (Å²) in [5.41, 5.74) is -0.864. The normalized spacial score (nSPS) is 20.2. The number of carbonyl (C=O) groups is 2. The van der Waals surface area contributed by atoms with Crippen LogP contribution in [-0.4, -0.2) is 84.3 Å². The SMILES string of the molecule is CC(C)(C)OC(=O)CN1CCNCCN(C(C(=O)O)C(C)(C)C)CC1. The Morgan fingerprint density at radius 3 is 2.16 bits per heavy atom. The standard InChI is InChI=1S/C18H35N3O4/c1-17(2,3)15(16(23)24)21-10-8-19-7-9-20(11-12-21)13-14(22)25-18(4,5)6/h15,19H,7-13H2,1-6H3,(H,23,24). The lowest BCUT2D eigenvalue weighted by Crippen LogP contribution is -2.52. The van der Waals surface area contributed by atoms with Crippen molar-refractivity contribution in [2.45, 2.75) is 53.2 Å². The Bertz CT molecular complexity index is 454. The van der Waals surface area contributed by atoms with Crippen LogP contribution >= 0.6 is 0 Å². The molecule has 25 heavy (non-hydrogen) atoms. The fourth-order valence-corrected chi connectivity index (χ4v) is 3.13. The van der Waals surface area contributed by atoms with Gasteiger partial charge in [0.05, 0.1) is 6.54 Å². The lowest BCUT2D eigenvalue weighted by atomic mass is 9.85. The van der Waals surface area contributed by atoms with Crippen LogP contribution in [0.2, 0.25) is 0 Å². The number of hydrogen-bond donors (Lipinski definition) is 2. The number of nitrogens with zero attached hydrogens (tertiary/aromatic N) is 2. The summed E-state index contributed by atoms with van der Waals surface area (Å²) < 4.78 is 5.40. The van der Waals surface area contributed by atoms with Crippen LogP contribution in [0, 0.1) is 5.41 Å². The topological polar surface area (TPSA) is 82.1 Å². The number of aliphatic carboxylic acids is 1. The number of carboxylic acid groups (broad SMARTS) is 1. The van der Waals surface area contributed by atoms with E-state index in [1.165, 1.54) is 0 Å². The minimum atomic E-state index is -0.801. The van der Waals surface area contributed by atoms with Gasteiger partial charge in [0.2, 0.25) is 0 Å². The second kappa shape index (κ2) is 8.96. The van der Waals surface area contributed by atoms with Crippen LogP contribution in [0.3, 0.4) is 0 Å². The van der Waals surface area contributed by atoms with E-state index in [1.54, 1.807) is 0 Å². The van der Waals surface area contributed by atoms with Gasteiger partial charge >= 0.3 is 11.9 Å². The Labute approximate surface area is 151 Å². The number of esters is 1. The highest BCUT2D eigenvalue weighted by Crippen LogP contribution is 2.24. The van der Waals surface area contributed by atoms with E-state index in [2.05, 4.69) is 5.32 Å². The summed E-state index contributed by atoms with van der Waals surface area (Å²) in [4.78, 5) is 27.9. The van der Waals surface area contributed by atoms with E-state index in [4.69, 9.17) is 4.74 Å². The van der Waals surface area contributed by atoms with E-state index in [0.717, 1.165) is 19.6 Å². The van der Waals surface area contributed by atoms with Gasteiger partial charge in [0, 0.05) is 39.3 Å². The van der Waals surface area contributed by atoms with Gasteiger partial charge in [-0.05, 0) is 26.2 Å². The quantitative estimate of drug-likeness (QED) is 0.727. The Morgan fingerprint density at radius 2 is 1.64 bits per heavy atom. The molecule has 0 bridgehead atoms. The van der Waals surface area contributed by atoms with Crippen LogP contribution in [0.4, 0.5) is 0 Å². The average Bonchev–Trinajstić information content (AvgIpc) is 2.48. The number of carboxylic acids is 1. The van der Waals surface area contributed by atoms with Crippen molar-refractivity contribution in [3.63, 3.8) is 0 Å². The second-order valence-electron chi connectivity index (χ2n) is 8.76. The van der Waals surface area contributed by atoms with Gasteiger partial charge in [-0.25, -0.2) is 0 Å². The van der Waals surface area contributed by atoms with Crippen molar-refractivity contribution in [1.82, 2.24) is 15.1 Å². The molecule has 1 atom stereocenters. The third kappa shape index (κ3) is 8.16. The van der Waals surface area contributed by atoms with Crippen LogP contribution in [0.15, 0.2) is 0 Å². The van der Waals surface area contributed by atoms with Crippen LogP contribution in [0.5, 0.6) is 0 Å². The Hall–Kier alpha value is -1.18. The van der Waals surface area contributed by atoms with Gasteiger partial charge in [-0.1, -0.05) is 20.8 Å². The minimum absolute atomic E-state index is 0.222. The summed E-state index contributed by atoms with van der Waals surface area (Å²) >= 11 is 0. The van der Waals surface area contributed by atoms with E-state index < -0.39 is 17.6 Å². The summed E-state index contributed by atoms with van der Waals surface area (Å²) in [6.07, 6.45) is 0. The second-order valence-corrected chi connectivity index (χ2v) is 8.76. The molecule has 1 unspecified atom stereocenters. The first kappa shape index (κ1) is 21.9. The van der Waals surface area contributed by atoms with Crippen molar-refractivity contribution < 1.29 is 19.4 Å². The molecular formula is C18H35N3O4. The fraction of sp³-hybridized carbons (Fsp3) is 0.889. The van der Waals surface area contributed by atoms with E-state index in [-0.39, 0.29) is 17.9 Å². The number of hydrogen-bond acceptors (Lipinski definition) is 6. The number of nitrogens with one attached hydrogen (secondary N) is 1. The maximum Gasteiger partial charge on any atom is 0.321 e. The lowest BCUT2D eigenvalue weighted by molar-refractivity contribution is -0.156. The summed E-state index contributed by atoms with van der Waals surface area (Å²) in [5.74, 6) is -1.05. The van der Waals surface area contributed by atoms with Crippen LogP contribution < -0.4 is 5.32 Å². The molecule has 0 saturated carbocycles. The van der Waals surface area contributed by atoms with Gasteiger partial charge in [0.25, 0.3) is 0 Å². The summed E-state index contributed by atoms with van der Waals surface area (Å²) in [5, 5.41) is 13.0. The molecular weight excluding hydrogens is 322 g/mol. The Morgan fingerprint density at radius 1 is 1.04 bits per heavy atom. The van der Waals surface area contributed by atoms with Gasteiger partial charge < -0.3 is 15.2 Å². The maximum atomic E-state index is 12.1. The smallest absolute Gasteiger partial charge is 0.321 e. The molecule has 0 aromatic rings. The fourth-order valence-electron chi connectivity index (χ4n) is 3.13. The molecule has 0 aromatic carbocycles. The molecule has 1 heterocycles. The first-order valence-electron chi connectivity index (χ1n) is 9.02. The Balaban J connectivity index is 2.76. The van der Waals surface area contributed by atoms with Crippen LogP contribution in [-0.2, 0) is 14.3 Å². The van der Waals surface area contributed by atoms with Crippen LogP contribution in [0.25, 0.3) is 0 Å². The van der Waals surface area contributed by atoms with Crippen molar-refractivity contribution in [1.29, 1.82) is 0 Å². The average molecular weight is 357 g/mol. The number of carbonyl (C=O) groups excluding carboxylic acids is 1. The molecule has 146 valence electrons. The molecule has 0 radical (unpaired) electrons. The van der Waals surface area contributed by atoms with E-state index >= 15 is 0 Å². The predicted octanol–water partition coefficient (Wildman–Crippen LogP) is 1.03. The van der Waals surface area contributed by atoms with Gasteiger partial charge in [-0.3, -0.25) is 19.4 Å². The van der Waals surface area contributed by atoms with Gasteiger partial charge in [-0.15, -0.1) is 0 Å². The van der Waals surface area contributed by atoms with Gasteiger partial charge in [0.1, 0.15) is 11.6 Å². The molecule has 1 aliphatic heterocycles. The molecule has 2 N–H and O–H groups in total. The largest absolute Gasteiger partial charge is 0.480 e. The van der Waals surface area contributed by atoms with Crippen molar-refractivity contribution in [2.75, 3.05) is 45.8 Å². The highest BCUT2D eigenvalue weighted by atomic mass is 16.6. The highest BCUT2D eigenvalue weighted by molar-refractivity contribution is 5.74. The van der Waals surface area contributed by atoms with Crippen molar-refractivity contribution in [3.05, 3.63) is 0 Å². The molecule has 0 aromatic heterocycles. The molecule has 1 rings (SSSR count). The van der Waals surface area contributed by atoms with Crippen molar-refractivity contribution in [3.8, 4) is 0 Å². The summed E-state index contributed by atoms with van der Waals surface area (Å²) in [6.45, 7) is 15.8. The molecule has 0 aliphatic carbocycles. The van der Waals surface area contributed by atoms with Gasteiger partial charge in [0.15, 0.2) is 0 Å². The third-order valence-corrected chi connectivity index (χ3v) is 4.08. The van der Waals surface area contributed by atoms with Gasteiger partial charge in [-0.2, -0.15) is 0 Å². The molecule has 0 spiro atoms. The summed E-state index contributed by atoms with van der Waals surface area (Å²) in [7, 11) is 0. The monoisotopic (exact) mass is 357 g/mol. The molecule has 1 saturated heterocycles. The molecule has 1 fully saturated rings. The van der Waals surface area contributed by atoms with E-state index in [9.17, 15) is 14.7 Å². The zero-order valence-electron chi connectivity index (χ0n) is 16.6. The lowest BCUT2D eigenvalue weighted by Gasteiger charge is -2.37.